The number of aliphatic carboxylic acids is 1. The fraction of sp³-hybridized carbons (Fsp3) is 0.875. The van der Waals surface area contributed by atoms with Gasteiger partial charge in [0.05, 0.1) is 11.9 Å². The molecule has 0 aliphatic carbocycles. The molecule has 15 heavy (non-hydrogen) atoms. The largest absolute Gasteiger partial charge is 0.480 e. The second-order valence-electron chi connectivity index (χ2n) is 3.85. The maximum absolute atomic E-state index is 11.4. The van der Waals surface area contributed by atoms with E-state index in [0.29, 0.717) is 0 Å². The van der Waals surface area contributed by atoms with Crippen molar-refractivity contribution in [2.45, 2.75) is 32.9 Å². The number of sulfonamides is 1. The third-order valence-corrected chi connectivity index (χ3v) is 3.33. The van der Waals surface area contributed by atoms with Crippen molar-refractivity contribution in [1.29, 1.82) is 0 Å². The Balaban J connectivity index is 4.61. The number of hydrogen-bond donors (Lipinski definition) is 3. The molecule has 90 valence electrons. The molecule has 0 amide bonds. The van der Waals surface area contributed by atoms with Crippen LogP contribution < -0.4 is 4.72 Å². The van der Waals surface area contributed by atoms with Crippen molar-refractivity contribution in [1.82, 2.24) is 4.72 Å². The average Bonchev–Trinajstić information content (AvgIpc) is 1.96. The minimum Gasteiger partial charge on any atom is -0.480 e. The Bertz CT molecular complexity index is 309. The molecular weight excluding hydrogens is 222 g/mol. The molecule has 3 N–H and O–H groups in total. The zero-order chi connectivity index (χ0) is 12.2. The first-order valence-electron chi connectivity index (χ1n) is 4.56. The quantitative estimate of drug-likeness (QED) is 0.574. The summed E-state index contributed by atoms with van der Waals surface area (Å²) in [5.41, 5.74) is 0. The van der Waals surface area contributed by atoms with Gasteiger partial charge in [-0.1, -0.05) is 13.8 Å². The molecule has 0 aliphatic heterocycles. The lowest BCUT2D eigenvalue weighted by atomic mass is 10.2. The van der Waals surface area contributed by atoms with E-state index in [9.17, 15) is 13.2 Å². The molecular formula is C8H17NO5S. The molecule has 0 heterocycles. The fourth-order valence-electron chi connectivity index (χ4n) is 1.04. The Labute approximate surface area is 89.4 Å². The molecule has 0 bridgehead atoms. The lowest BCUT2D eigenvalue weighted by molar-refractivity contribution is -0.141. The van der Waals surface area contributed by atoms with Gasteiger partial charge in [-0.2, -0.15) is 4.72 Å². The van der Waals surface area contributed by atoms with Crippen molar-refractivity contribution in [3.63, 3.8) is 0 Å². The first-order chi connectivity index (χ1) is 6.65. The van der Waals surface area contributed by atoms with E-state index in [1.165, 1.54) is 6.92 Å². The number of carboxylic acid groups (broad SMARTS) is 1. The molecule has 0 rings (SSSR count). The zero-order valence-electron chi connectivity index (χ0n) is 8.97. The Morgan fingerprint density at radius 1 is 1.33 bits per heavy atom. The predicted molar refractivity (Wildman–Crippen MR) is 54.9 cm³/mol. The number of nitrogens with one attached hydrogen (secondary N) is 1. The predicted octanol–water partition coefficient (Wildman–Crippen LogP) is -0.604. The van der Waals surface area contributed by atoms with Crippen LogP contribution in [0.25, 0.3) is 0 Å². The molecule has 0 aromatic rings. The second-order valence-corrected chi connectivity index (χ2v) is 5.65. The Morgan fingerprint density at radius 2 is 1.80 bits per heavy atom. The van der Waals surface area contributed by atoms with Crippen LogP contribution in [0.2, 0.25) is 0 Å². The topological polar surface area (TPSA) is 104 Å². The third-order valence-electron chi connectivity index (χ3n) is 1.61. The van der Waals surface area contributed by atoms with E-state index in [-0.39, 0.29) is 11.7 Å². The first kappa shape index (κ1) is 14.3. The monoisotopic (exact) mass is 239 g/mol. The van der Waals surface area contributed by atoms with Crippen molar-refractivity contribution < 1.29 is 23.4 Å². The molecule has 0 radical (unpaired) electrons. The molecule has 0 aromatic carbocycles. The van der Waals surface area contributed by atoms with Gasteiger partial charge in [-0.25, -0.2) is 8.42 Å². The maximum Gasteiger partial charge on any atom is 0.324 e. The Kier molecular flexibility index (Phi) is 5.19. The van der Waals surface area contributed by atoms with Gasteiger partial charge in [0, 0.05) is 0 Å². The highest BCUT2D eigenvalue weighted by Crippen LogP contribution is 2.01. The van der Waals surface area contributed by atoms with Crippen LogP contribution in [-0.4, -0.2) is 42.5 Å². The molecule has 6 nitrogen and oxygen atoms in total. The second kappa shape index (κ2) is 5.43. The summed E-state index contributed by atoms with van der Waals surface area (Å²) in [6.07, 6.45) is -1.27. The van der Waals surface area contributed by atoms with Gasteiger partial charge < -0.3 is 10.2 Å². The summed E-state index contributed by atoms with van der Waals surface area (Å²) in [5.74, 6) is -1.66. The summed E-state index contributed by atoms with van der Waals surface area (Å²) in [6.45, 7) is 4.63. The number of aliphatic hydroxyl groups is 1. The van der Waals surface area contributed by atoms with Crippen molar-refractivity contribution >= 4 is 16.0 Å². The minimum absolute atomic E-state index is 0.106. The lowest BCUT2D eigenvalue weighted by Crippen LogP contribution is -2.48. The van der Waals surface area contributed by atoms with Crippen LogP contribution in [0.3, 0.4) is 0 Å². The summed E-state index contributed by atoms with van der Waals surface area (Å²) in [7, 11) is -3.66. The molecule has 0 aromatic heterocycles. The molecule has 0 aliphatic rings. The highest BCUT2D eigenvalue weighted by molar-refractivity contribution is 7.89. The van der Waals surface area contributed by atoms with Crippen LogP contribution in [0.5, 0.6) is 0 Å². The van der Waals surface area contributed by atoms with Gasteiger partial charge in [0.25, 0.3) is 0 Å². The van der Waals surface area contributed by atoms with Crippen LogP contribution >= 0.6 is 0 Å². The summed E-state index contributed by atoms with van der Waals surface area (Å²) >= 11 is 0. The van der Waals surface area contributed by atoms with Crippen molar-refractivity contribution in [2.24, 2.45) is 5.92 Å². The van der Waals surface area contributed by atoms with Gasteiger partial charge in [-0.3, -0.25) is 4.79 Å². The molecule has 2 atom stereocenters. The molecule has 2 unspecified atom stereocenters. The number of carboxylic acids is 1. The van der Waals surface area contributed by atoms with E-state index in [1.807, 2.05) is 4.72 Å². The molecule has 0 fully saturated rings. The average molecular weight is 239 g/mol. The summed E-state index contributed by atoms with van der Waals surface area (Å²) in [6, 6.07) is -1.49. The van der Waals surface area contributed by atoms with Crippen LogP contribution in [0.1, 0.15) is 20.8 Å². The molecule has 0 spiro atoms. The van der Waals surface area contributed by atoms with E-state index in [1.54, 1.807) is 13.8 Å². The van der Waals surface area contributed by atoms with Gasteiger partial charge in [-0.15, -0.1) is 0 Å². The minimum atomic E-state index is -3.66. The van der Waals surface area contributed by atoms with Gasteiger partial charge >= 0.3 is 5.97 Å². The summed E-state index contributed by atoms with van der Waals surface area (Å²) in [4.78, 5) is 10.6. The number of carbonyl (C=O) groups is 1. The highest BCUT2D eigenvalue weighted by atomic mass is 32.2. The van der Waals surface area contributed by atoms with Crippen LogP contribution in [0.4, 0.5) is 0 Å². The summed E-state index contributed by atoms with van der Waals surface area (Å²) < 4.78 is 24.7. The first-order valence-corrected chi connectivity index (χ1v) is 6.22. The standard InChI is InChI=1S/C8H17NO5S/c1-5(2)4-15(13,14)9-7(6(3)10)8(11)12/h5-7,9-10H,4H2,1-3H3,(H,11,12). The van der Waals surface area contributed by atoms with E-state index in [4.69, 9.17) is 10.2 Å². The molecule has 0 saturated carbocycles. The molecule has 7 heteroatoms. The van der Waals surface area contributed by atoms with Crippen LogP contribution in [0.15, 0.2) is 0 Å². The smallest absolute Gasteiger partial charge is 0.324 e. The summed E-state index contributed by atoms with van der Waals surface area (Å²) in [5, 5.41) is 17.7. The van der Waals surface area contributed by atoms with Gasteiger partial charge in [0.1, 0.15) is 6.04 Å². The Hall–Kier alpha value is -0.660. The van der Waals surface area contributed by atoms with E-state index in [2.05, 4.69) is 0 Å². The number of hydrogen-bond acceptors (Lipinski definition) is 4. The fourth-order valence-corrected chi connectivity index (χ4v) is 2.69. The van der Waals surface area contributed by atoms with E-state index < -0.39 is 28.1 Å². The lowest BCUT2D eigenvalue weighted by Gasteiger charge is -2.17. The highest BCUT2D eigenvalue weighted by Gasteiger charge is 2.28. The van der Waals surface area contributed by atoms with Gasteiger partial charge in [0.2, 0.25) is 10.0 Å². The zero-order valence-corrected chi connectivity index (χ0v) is 9.78. The van der Waals surface area contributed by atoms with Crippen molar-refractivity contribution in [2.75, 3.05) is 5.75 Å². The van der Waals surface area contributed by atoms with Crippen molar-refractivity contribution in [3.05, 3.63) is 0 Å². The van der Waals surface area contributed by atoms with E-state index in [0.717, 1.165) is 0 Å². The SMILES string of the molecule is CC(C)CS(=O)(=O)NC(C(=O)O)C(C)O. The normalized spacial score (nSPS) is 16.3. The van der Waals surface area contributed by atoms with Crippen LogP contribution in [0, 0.1) is 5.92 Å². The maximum atomic E-state index is 11.4. The number of aliphatic hydroxyl groups excluding tert-OH is 1. The van der Waals surface area contributed by atoms with Crippen molar-refractivity contribution in [3.8, 4) is 0 Å². The van der Waals surface area contributed by atoms with Gasteiger partial charge in [0.15, 0.2) is 0 Å². The molecule has 0 saturated heterocycles. The Morgan fingerprint density at radius 3 is 2.07 bits per heavy atom. The van der Waals surface area contributed by atoms with E-state index >= 15 is 0 Å². The van der Waals surface area contributed by atoms with Gasteiger partial charge in [-0.05, 0) is 12.8 Å². The third kappa shape index (κ3) is 5.71. The number of rotatable bonds is 6. The van der Waals surface area contributed by atoms with Crippen LogP contribution in [-0.2, 0) is 14.8 Å².